The molecule has 0 aliphatic carbocycles. The number of carbonyl (C=O) groups excluding carboxylic acids is 1. The van der Waals surface area contributed by atoms with Gasteiger partial charge in [0.05, 0.1) is 0 Å². The first kappa shape index (κ1) is 16.4. The van der Waals surface area contributed by atoms with Crippen molar-refractivity contribution in [1.29, 1.82) is 0 Å². The third-order valence-corrected chi connectivity index (χ3v) is 2.54. The number of nitrogens with one attached hydrogen (secondary N) is 1. The molecule has 0 rings (SSSR count). The Bertz CT molecular complexity index is 352. The van der Waals surface area contributed by atoms with E-state index in [1.165, 1.54) is 11.6 Å². The molecule has 0 bridgehead atoms. The monoisotopic (exact) mass is 253 g/mol. The first-order valence-corrected chi connectivity index (χ1v) is 6.19. The number of amides is 1. The molecule has 2 N–H and O–H groups in total. The second-order valence-electron chi connectivity index (χ2n) is 4.72. The minimum Gasteiger partial charge on any atom is -0.477 e. The van der Waals surface area contributed by atoms with Gasteiger partial charge in [-0.05, 0) is 39.5 Å². The fourth-order valence-electron chi connectivity index (χ4n) is 1.53. The molecule has 1 atom stereocenters. The highest BCUT2D eigenvalue weighted by molar-refractivity contribution is 5.92. The van der Waals surface area contributed by atoms with Crippen molar-refractivity contribution in [2.45, 2.75) is 47.0 Å². The number of hydrogen-bond acceptors (Lipinski definition) is 2. The molecule has 0 aliphatic rings. The second kappa shape index (κ2) is 8.50. The highest BCUT2D eigenvalue weighted by atomic mass is 16.4. The van der Waals surface area contributed by atoms with Crippen LogP contribution in [0, 0.1) is 5.92 Å². The van der Waals surface area contributed by atoms with Crippen molar-refractivity contribution in [1.82, 2.24) is 5.32 Å². The molecule has 18 heavy (non-hydrogen) atoms. The molecule has 0 aromatic carbocycles. The molecule has 1 amide bonds. The molecule has 0 aromatic heterocycles. The van der Waals surface area contributed by atoms with Gasteiger partial charge in [-0.15, -0.1) is 0 Å². The fourth-order valence-corrected chi connectivity index (χ4v) is 1.53. The standard InChI is InChI=1S/C14H23NO3/c1-5-12(14(17)18)15-13(16)9-11(4)8-6-7-10(2)3/h5,7,11H,6,8-9H2,1-4H3,(H,15,16)(H,17,18)/b12-5-. The Hall–Kier alpha value is -1.58. The number of rotatable bonds is 7. The van der Waals surface area contributed by atoms with Crippen LogP contribution in [0.5, 0.6) is 0 Å². The number of aliphatic carboxylic acids is 1. The van der Waals surface area contributed by atoms with Gasteiger partial charge in [-0.2, -0.15) is 0 Å². The van der Waals surface area contributed by atoms with Crippen molar-refractivity contribution in [3.05, 3.63) is 23.4 Å². The van der Waals surface area contributed by atoms with Gasteiger partial charge < -0.3 is 10.4 Å². The van der Waals surface area contributed by atoms with Crippen molar-refractivity contribution in [2.24, 2.45) is 5.92 Å². The van der Waals surface area contributed by atoms with Crippen LogP contribution in [-0.4, -0.2) is 17.0 Å². The van der Waals surface area contributed by atoms with E-state index in [1.54, 1.807) is 6.92 Å². The van der Waals surface area contributed by atoms with Crippen LogP contribution in [0.1, 0.15) is 47.0 Å². The zero-order valence-corrected chi connectivity index (χ0v) is 11.6. The average Bonchev–Trinajstić information content (AvgIpc) is 2.24. The smallest absolute Gasteiger partial charge is 0.352 e. The van der Waals surface area contributed by atoms with E-state index in [0.717, 1.165) is 12.8 Å². The predicted octanol–water partition coefficient (Wildman–Crippen LogP) is 2.86. The van der Waals surface area contributed by atoms with Gasteiger partial charge in [0.15, 0.2) is 0 Å². The van der Waals surface area contributed by atoms with Crippen molar-refractivity contribution >= 4 is 11.9 Å². The van der Waals surface area contributed by atoms with Gasteiger partial charge in [0, 0.05) is 6.42 Å². The number of carboxylic acids is 1. The Morgan fingerprint density at radius 3 is 2.39 bits per heavy atom. The number of carboxylic acid groups (broad SMARTS) is 1. The maximum absolute atomic E-state index is 11.6. The third kappa shape index (κ3) is 7.65. The summed E-state index contributed by atoms with van der Waals surface area (Å²) in [5.74, 6) is -1.11. The van der Waals surface area contributed by atoms with Crippen LogP contribution >= 0.6 is 0 Å². The Morgan fingerprint density at radius 1 is 1.33 bits per heavy atom. The summed E-state index contributed by atoms with van der Waals surface area (Å²) in [6, 6.07) is 0. The van der Waals surface area contributed by atoms with E-state index in [0.29, 0.717) is 6.42 Å². The van der Waals surface area contributed by atoms with Gasteiger partial charge in [0.2, 0.25) is 5.91 Å². The van der Waals surface area contributed by atoms with Crippen LogP contribution in [-0.2, 0) is 9.59 Å². The van der Waals surface area contributed by atoms with Gasteiger partial charge in [0.1, 0.15) is 5.70 Å². The van der Waals surface area contributed by atoms with Crippen molar-refractivity contribution < 1.29 is 14.7 Å². The molecule has 0 radical (unpaired) electrons. The summed E-state index contributed by atoms with van der Waals surface area (Å²) in [6.07, 6.45) is 5.75. The molecule has 0 heterocycles. The van der Waals surface area contributed by atoms with E-state index < -0.39 is 5.97 Å². The maximum atomic E-state index is 11.6. The van der Waals surface area contributed by atoms with Gasteiger partial charge in [-0.1, -0.05) is 24.6 Å². The van der Waals surface area contributed by atoms with Crippen molar-refractivity contribution in [2.75, 3.05) is 0 Å². The molecule has 1 unspecified atom stereocenters. The van der Waals surface area contributed by atoms with Gasteiger partial charge in [0.25, 0.3) is 0 Å². The lowest BCUT2D eigenvalue weighted by atomic mass is 10.0. The Kier molecular flexibility index (Phi) is 7.76. The summed E-state index contributed by atoms with van der Waals surface area (Å²) in [5, 5.41) is 11.2. The van der Waals surface area contributed by atoms with Crippen LogP contribution in [0.25, 0.3) is 0 Å². The lowest BCUT2D eigenvalue weighted by Crippen LogP contribution is -2.28. The molecular formula is C14H23NO3. The summed E-state index contributed by atoms with van der Waals surface area (Å²) in [7, 11) is 0. The highest BCUT2D eigenvalue weighted by Gasteiger charge is 2.13. The van der Waals surface area contributed by atoms with E-state index in [2.05, 4.69) is 11.4 Å². The molecule has 4 heteroatoms. The predicted molar refractivity (Wildman–Crippen MR) is 72.0 cm³/mol. The Balaban J connectivity index is 4.08. The van der Waals surface area contributed by atoms with Gasteiger partial charge in [-0.3, -0.25) is 4.79 Å². The maximum Gasteiger partial charge on any atom is 0.352 e. The SMILES string of the molecule is C/C=C(\NC(=O)CC(C)CCC=C(C)C)C(=O)O. The Labute approximate surface area is 109 Å². The number of allylic oxidation sites excluding steroid dienone is 3. The van der Waals surface area contributed by atoms with Gasteiger partial charge in [-0.25, -0.2) is 4.79 Å². The summed E-state index contributed by atoms with van der Waals surface area (Å²) in [4.78, 5) is 22.3. The third-order valence-electron chi connectivity index (χ3n) is 2.54. The molecule has 0 fully saturated rings. The van der Waals surface area contributed by atoms with E-state index in [9.17, 15) is 9.59 Å². The first-order chi connectivity index (χ1) is 8.36. The normalized spacial score (nSPS) is 12.8. The van der Waals surface area contributed by atoms with Crippen LogP contribution in [0.15, 0.2) is 23.4 Å². The minimum absolute atomic E-state index is 0.0588. The molecule has 0 saturated carbocycles. The molecule has 0 saturated heterocycles. The quantitative estimate of drug-likeness (QED) is 0.541. The number of hydrogen-bond donors (Lipinski definition) is 2. The van der Waals surface area contributed by atoms with E-state index in [4.69, 9.17) is 5.11 Å². The van der Waals surface area contributed by atoms with Crippen LogP contribution in [0.3, 0.4) is 0 Å². The van der Waals surface area contributed by atoms with E-state index in [1.807, 2.05) is 20.8 Å². The summed E-state index contributed by atoms with van der Waals surface area (Å²) < 4.78 is 0. The second-order valence-corrected chi connectivity index (χ2v) is 4.72. The zero-order chi connectivity index (χ0) is 14.1. The molecule has 0 aromatic rings. The number of carbonyl (C=O) groups is 2. The highest BCUT2D eigenvalue weighted by Crippen LogP contribution is 2.12. The van der Waals surface area contributed by atoms with Crippen molar-refractivity contribution in [3.63, 3.8) is 0 Å². The van der Waals surface area contributed by atoms with Crippen LogP contribution < -0.4 is 5.32 Å². The molecule has 0 spiro atoms. The van der Waals surface area contributed by atoms with Gasteiger partial charge >= 0.3 is 5.97 Å². The van der Waals surface area contributed by atoms with E-state index in [-0.39, 0.29) is 17.5 Å². The summed E-state index contributed by atoms with van der Waals surface area (Å²) in [6.45, 7) is 7.67. The largest absolute Gasteiger partial charge is 0.477 e. The molecule has 102 valence electrons. The first-order valence-electron chi connectivity index (χ1n) is 6.19. The lowest BCUT2D eigenvalue weighted by molar-refractivity contribution is -0.134. The van der Waals surface area contributed by atoms with E-state index >= 15 is 0 Å². The molecular weight excluding hydrogens is 230 g/mol. The average molecular weight is 253 g/mol. The summed E-state index contributed by atoms with van der Waals surface area (Å²) in [5.41, 5.74) is 1.21. The topological polar surface area (TPSA) is 66.4 Å². The molecule has 4 nitrogen and oxygen atoms in total. The Morgan fingerprint density at radius 2 is 1.94 bits per heavy atom. The summed E-state index contributed by atoms with van der Waals surface area (Å²) >= 11 is 0. The minimum atomic E-state index is -1.11. The zero-order valence-electron chi connectivity index (χ0n) is 11.6. The lowest BCUT2D eigenvalue weighted by Gasteiger charge is -2.10. The van der Waals surface area contributed by atoms with Crippen LogP contribution in [0.4, 0.5) is 0 Å². The van der Waals surface area contributed by atoms with Crippen molar-refractivity contribution in [3.8, 4) is 0 Å². The molecule has 0 aliphatic heterocycles. The van der Waals surface area contributed by atoms with Crippen LogP contribution in [0.2, 0.25) is 0 Å². The fraction of sp³-hybridized carbons (Fsp3) is 0.571.